The second-order valence-electron chi connectivity index (χ2n) is 5.06. The molecule has 2 rings (SSSR count). The Morgan fingerprint density at radius 2 is 1.06 bits per heavy atom. The lowest BCUT2D eigenvalue weighted by Crippen LogP contribution is -1.91. The van der Waals surface area contributed by atoms with Crippen LogP contribution in [-0.4, -0.2) is 0 Å². The van der Waals surface area contributed by atoms with Crippen LogP contribution in [0.15, 0.2) is 0 Å². The molecule has 2 fully saturated rings. The van der Waals surface area contributed by atoms with E-state index >= 15 is 0 Å². The minimum Gasteiger partial charge on any atom is -0.0683 e. The fourth-order valence-electron chi connectivity index (χ4n) is 2.68. The molecule has 0 aliphatic heterocycles. The van der Waals surface area contributed by atoms with Gasteiger partial charge in [-0.15, -0.1) is 0 Å². The lowest BCUT2D eigenvalue weighted by atomic mass is 10.0. The fraction of sp³-hybridized carbons (Fsp3) is 1.00. The molecule has 0 spiro atoms. The Hall–Kier alpha value is 0. The lowest BCUT2D eigenvalue weighted by Gasteiger charge is -2.05. The van der Waals surface area contributed by atoms with Crippen molar-refractivity contribution in [1.82, 2.24) is 0 Å². The second-order valence-corrected chi connectivity index (χ2v) is 5.06. The summed E-state index contributed by atoms with van der Waals surface area (Å²) in [5.41, 5.74) is 0. The van der Waals surface area contributed by atoms with Crippen LogP contribution in [0.4, 0.5) is 0 Å². The van der Waals surface area contributed by atoms with Crippen molar-refractivity contribution in [3.8, 4) is 0 Å². The summed E-state index contributed by atoms with van der Waals surface area (Å²) in [6.07, 6.45) is 17.9. The van der Waals surface area contributed by atoms with Gasteiger partial charge in [-0.25, -0.2) is 0 Å². The number of hydrogen-bond donors (Lipinski definition) is 0. The highest BCUT2D eigenvalue weighted by Crippen LogP contribution is 2.28. The van der Waals surface area contributed by atoms with Crippen LogP contribution in [0.5, 0.6) is 0 Å². The summed E-state index contributed by atoms with van der Waals surface area (Å²) in [5.74, 6) is 1.12. The van der Waals surface area contributed by atoms with E-state index in [1.165, 1.54) is 77.0 Å². The molecule has 0 atom stereocenters. The molecule has 2 saturated carbocycles. The number of unbranched alkanes of at least 4 members (excludes halogenated alkanes) is 1. The molecule has 112 valence electrons. The van der Waals surface area contributed by atoms with Gasteiger partial charge in [0.15, 0.2) is 0 Å². The van der Waals surface area contributed by atoms with Crippen LogP contribution in [0.2, 0.25) is 0 Å². The van der Waals surface area contributed by atoms with E-state index in [9.17, 15) is 0 Å². The van der Waals surface area contributed by atoms with Gasteiger partial charge in [0.2, 0.25) is 0 Å². The van der Waals surface area contributed by atoms with Crippen molar-refractivity contribution >= 4 is 0 Å². The topological polar surface area (TPSA) is 0 Å². The average molecular weight is 257 g/mol. The second kappa shape index (κ2) is 19.3. The van der Waals surface area contributed by atoms with Crippen LogP contribution in [0.1, 0.15) is 112 Å². The molecule has 0 radical (unpaired) electrons. The molecule has 0 amide bonds. The van der Waals surface area contributed by atoms with Crippen LogP contribution in [0, 0.1) is 5.92 Å². The zero-order chi connectivity index (χ0) is 14.1. The first kappa shape index (κ1) is 20.3. The standard InChI is InChI=1S/C9H18.C5H10.2C2H6/c1-2-3-6-9-7-4-5-8-9;1-2-4-5-3-1;2*1-2/h9H,2-8H2,1H3;1-5H2;2*1-2H3. The maximum atomic E-state index is 2.29. The van der Waals surface area contributed by atoms with Gasteiger partial charge in [-0.05, 0) is 5.92 Å². The Balaban J connectivity index is 0. The SMILES string of the molecule is C1CCCC1.CC.CC.CCCCC1CCCC1. The van der Waals surface area contributed by atoms with Crippen LogP contribution in [0.25, 0.3) is 0 Å². The predicted octanol–water partition coefficient (Wildman–Crippen LogP) is 7.37. The highest BCUT2D eigenvalue weighted by Gasteiger charge is 2.13. The summed E-state index contributed by atoms with van der Waals surface area (Å²) in [6, 6.07) is 0. The molecule has 0 aromatic carbocycles. The molecule has 0 unspecified atom stereocenters. The van der Waals surface area contributed by atoms with Gasteiger partial charge in [0.1, 0.15) is 0 Å². The summed E-state index contributed by atoms with van der Waals surface area (Å²) < 4.78 is 0. The van der Waals surface area contributed by atoms with Crippen LogP contribution in [0.3, 0.4) is 0 Å². The van der Waals surface area contributed by atoms with Gasteiger partial charge in [0.05, 0.1) is 0 Å². The van der Waals surface area contributed by atoms with Gasteiger partial charge in [-0.1, -0.05) is 112 Å². The molecule has 0 aromatic heterocycles. The average Bonchev–Trinajstić information content (AvgIpc) is 3.16. The van der Waals surface area contributed by atoms with Crippen LogP contribution >= 0.6 is 0 Å². The quantitative estimate of drug-likeness (QED) is 0.494. The van der Waals surface area contributed by atoms with Crippen LogP contribution < -0.4 is 0 Å². The smallest absolute Gasteiger partial charge is 0.0414 e. The van der Waals surface area contributed by atoms with Gasteiger partial charge < -0.3 is 0 Å². The van der Waals surface area contributed by atoms with Gasteiger partial charge in [-0.3, -0.25) is 0 Å². The van der Waals surface area contributed by atoms with E-state index in [-0.39, 0.29) is 0 Å². The monoisotopic (exact) mass is 256 g/mol. The summed E-state index contributed by atoms with van der Waals surface area (Å²) >= 11 is 0. The third-order valence-corrected chi connectivity index (χ3v) is 3.69. The van der Waals surface area contributed by atoms with Crippen molar-refractivity contribution in [2.75, 3.05) is 0 Å². The normalized spacial score (nSPS) is 17.8. The van der Waals surface area contributed by atoms with Gasteiger partial charge in [-0.2, -0.15) is 0 Å². The molecule has 0 bridgehead atoms. The molecular weight excluding hydrogens is 216 g/mol. The molecule has 18 heavy (non-hydrogen) atoms. The molecule has 2 aliphatic carbocycles. The lowest BCUT2D eigenvalue weighted by molar-refractivity contribution is 0.480. The fourth-order valence-corrected chi connectivity index (χ4v) is 2.68. The number of hydrogen-bond acceptors (Lipinski definition) is 0. The van der Waals surface area contributed by atoms with Gasteiger partial charge >= 0.3 is 0 Å². The van der Waals surface area contributed by atoms with E-state index in [1.54, 1.807) is 0 Å². The Labute approximate surface area is 118 Å². The van der Waals surface area contributed by atoms with Crippen molar-refractivity contribution < 1.29 is 0 Å². The first-order valence-corrected chi connectivity index (χ1v) is 8.93. The highest BCUT2D eigenvalue weighted by molar-refractivity contribution is 4.66. The first-order chi connectivity index (χ1) is 8.93. The van der Waals surface area contributed by atoms with Crippen molar-refractivity contribution in [2.24, 2.45) is 5.92 Å². The first-order valence-electron chi connectivity index (χ1n) is 8.93. The minimum atomic E-state index is 1.12. The zero-order valence-corrected chi connectivity index (χ0v) is 14.1. The maximum absolute atomic E-state index is 2.29. The molecule has 2 aliphatic rings. The maximum Gasteiger partial charge on any atom is -0.0414 e. The molecule has 0 N–H and O–H groups in total. The van der Waals surface area contributed by atoms with Crippen LogP contribution in [-0.2, 0) is 0 Å². The van der Waals surface area contributed by atoms with Crippen molar-refractivity contribution in [2.45, 2.75) is 112 Å². The Morgan fingerprint density at radius 1 is 0.667 bits per heavy atom. The summed E-state index contributed by atoms with van der Waals surface area (Å²) in [6.45, 7) is 10.3. The van der Waals surface area contributed by atoms with Gasteiger partial charge in [0.25, 0.3) is 0 Å². The minimum absolute atomic E-state index is 1.12. The number of rotatable bonds is 3. The Bertz CT molecular complexity index is 99.6. The van der Waals surface area contributed by atoms with E-state index < -0.39 is 0 Å². The highest BCUT2D eigenvalue weighted by atomic mass is 14.2. The molecule has 0 heterocycles. The van der Waals surface area contributed by atoms with E-state index in [2.05, 4.69) is 6.92 Å². The summed E-state index contributed by atoms with van der Waals surface area (Å²) in [7, 11) is 0. The molecule has 0 saturated heterocycles. The van der Waals surface area contributed by atoms with Gasteiger partial charge in [0, 0.05) is 0 Å². The largest absolute Gasteiger partial charge is 0.0683 e. The summed E-state index contributed by atoms with van der Waals surface area (Å²) in [5, 5.41) is 0. The molecule has 0 aromatic rings. The van der Waals surface area contributed by atoms with E-state index in [4.69, 9.17) is 0 Å². The third-order valence-electron chi connectivity index (χ3n) is 3.69. The Kier molecular flexibility index (Phi) is 21.8. The molecular formula is C18H40. The predicted molar refractivity (Wildman–Crippen MR) is 87.3 cm³/mol. The van der Waals surface area contributed by atoms with E-state index in [1.807, 2.05) is 27.7 Å². The molecule has 0 heteroatoms. The van der Waals surface area contributed by atoms with Crippen molar-refractivity contribution in [1.29, 1.82) is 0 Å². The zero-order valence-electron chi connectivity index (χ0n) is 14.1. The third kappa shape index (κ3) is 14.1. The van der Waals surface area contributed by atoms with Crippen molar-refractivity contribution in [3.05, 3.63) is 0 Å². The van der Waals surface area contributed by atoms with E-state index in [0.717, 1.165) is 5.92 Å². The summed E-state index contributed by atoms with van der Waals surface area (Å²) in [4.78, 5) is 0. The van der Waals surface area contributed by atoms with E-state index in [0.29, 0.717) is 0 Å². The Morgan fingerprint density at radius 3 is 1.39 bits per heavy atom. The molecule has 0 nitrogen and oxygen atoms in total. The van der Waals surface area contributed by atoms with Crippen molar-refractivity contribution in [3.63, 3.8) is 0 Å².